The van der Waals surface area contributed by atoms with Crippen LogP contribution >= 0.6 is 11.6 Å². The summed E-state index contributed by atoms with van der Waals surface area (Å²) in [4.78, 5) is 21.1. The van der Waals surface area contributed by atoms with Crippen molar-refractivity contribution in [2.75, 3.05) is 0 Å². The van der Waals surface area contributed by atoms with E-state index in [1.54, 1.807) is 18.2 Å². The van der Waals surface area contributed by atoms with Gasteiger partial charge < -0.3 is 14.5 Å². The SMILES string of the molecule is Cc1ccc2nc(OCc3nc(C(=O)N[C@H](C)c4ccc(Cl)cc4)co3)ccc2c1. The molecule has 4 aromatic rings. The monoisotopic (exact) mass is 421 g/mol. The van der Waals surface area contributed by atoms with E-state index in [4.69, 9.17) is 20.8 Å². The van der Waals surface area contributed by atoms with Crippen molar-refractivity contribution >= 4 is 28.4 Å². The van der Waals surface area contributed by atoms with Crippen molar-refractivity contribution in [3.63, 3.8) is 0 Å². The number of aryl methyl sites for hydroxylation is 1. The van der Waals surface area contributed by atoms with Gasteiger partial charge in [-0.3, -0.25) is 4.79 Å². The maximum atomic E-state index is 12.4. The largest absolute Gasteiger partial charge is 0.468 e. The normalized spacial score (nSPS) is 12.0. The van der Waals surface area contributed by atoms with E-state index in [0.29, 0.717) is 16.8 Å². The van der Waals surface area contributed by atoms with Crippen molar-refractivity contribution in [1.29, 1.82) is 0 Å². The molecule has 1 atom stereocenters. The maximum Gasteiger partial charge on any atom is 0.273 e. The Morgan fingerprint density at radius 3 is 2.73 bits per heavy atom. The molecule has 0 saturated carbocycles. The van der Waals surface area contributed by atoms with Crippen LogP contribution in [0.25, 0.3) is 10.9 Å². The van der Waals surface area contributed by atoms with Gasteiger partial charge in [0.2, 0.25) is 11.8 Å². The lowest BCUT2D eigenvalue weighted by atomic mass is 10.1. The molecule has 0 saturated heterocycles. The van der Waals surface area contributed by atoms with E-state index in [2.05, 4.69) is 21.4 Å². The molecule has 2 aromatic carbocycles. The molecule has 152 valence electrons. The summed E-state index contributed by atoms with van der Waals surface area (Å²) in [6.45, 7) is 4.00. The molecular formula is C23H20ClN3O3. The molecule has 7 heteroatoms. The summed E-state index contributed by atoms with van der Waals surface area (Å²) in [5.74, 6) is 0.434. The van der Waals surface area contributed by atoms with Crippen LogP contribution < -0.4 is 10.1 Å². The Balaban J connectivity index is 1.37. The molecule has 0 radical (unpaired) electrons. The zero-order valence-corrected chi connectivity index (χ0v) is 17.3. The van der Waals surface area contributed by atoms with E-state index in [-0.39, 0.29) is 24.2 Å². The number of aromatic nitrogens is 2. The lowest BCUT2D eigenvalue weighted by Crippen LogP contribution is -2.26. The summed E-state index contributed by atoms with van der Waals surface area (Å²) in [6, 6.07) is 16.9. The van der Waals surface area contributed by atoms with Crippen LogP contribution in [0.1, 0.15) is 40.5 Å². The second kappa shape index (κ2) is 8.55. The molecule has 0 fully saturated rings. The second-order valence-electron chi connectivity index (χ2n) is 7.01. The van der Waals surface area contributed by atoms with E-state index in [9.17, 15) is 4.79 Å². The summed E-state index contributed by atoms with van der Waals surface area (Å²) in [6.07, 6.45) is 1.32. The van der Waals surface area contributed by atoms with Gasteiger partial charge in [-0.2, -0.15) is 0 Å². The van der Waals surface area contributed by atoms with Gasteiger partial charge in [-0.25, -0.2) is 9.97 Å². The van der Waals surface area contributed by atoms with Crippen LogP contribution in [-0.4, -0.2) is 15.9 Å². The molecule has 0 aliphatic carbocycles. The summed E-state index contributed by atoms with van der Waals surface area (Å²) < 4.78 is 11.0. The number of hydrogen-bond acceptors (Lipinski definition) is 5. The minimum atomic E-state index is -0.327. The van der Waals surface area contributed by atoms with Crippen LogP contribution in [0, 0.1) is 6.92 Å². The molecule has 1 amide bonds. The van der Waals surface area contributed by atoms with Gasteiger partial charge in [-0.05, 0) is 49.7 Å². The van der Waals surface area contributed by atoms with Crippen molar-refractivity contribution in [2.24, 2.45) is 0 Å². The molecule has 6 nitrogen and oxygen atoms in total. The first kappa shape index (κ1) is 19.9. The number of hydrogen-bond donors (Lipinski definition) is 1. The van der Waals surface area contributed by atoms with Gasteiger partial charge in [0.05, 0.1) is 11.6 Å². The molecule has 0 aliphatic heterocycles. The Kier molecular flexibility index (Phi) is 5.68. The van der Waals surface area contributed by atoms with E-state index in [1.165, 1.54) is 11.8 Å². The first-order valence-electron chi connectivity index (χ1n) is 9.49. The Labute approximate surface area is 178 Å². The van der Waals surface area contributed by atoms with Crippen LogP contribution in [0.2, 0.25) is 5.02 Å². The van der Waals surface area contributed by atoms with Gasteiger partial charge in [0.25, 0.3) is 5.91 Å². The number of carbonyl (C=O) groups excluding carboxylic acids is 1. The molecule has 0 aliphatic rings. The number of ether oxygens (including phenoxy) is 1. The Hall–Kier alpha value is -3.38. The van der Waals surface area contributed by atoms with Crippen molar-refractivity contribution in [2.45, 2.75) is 26.5 Å². The van der Waals surface area contributed by atoms with E-state index >= 15 is 0 Å². The van der Waals surface area contributed by atoms with Crippen LogP contribution in [0.15, 0.2) is 65.3 Å². The third-order valence-electron chi connectivity index (χ3n) is 4.66. The molecule has 2 heterocycles. The number of pyridine rings is 1. The Morgan fingerprint density at radius 1 is 1.13 bits per heavy atom. The zero-order valence-electron chi connectivity index (χ0n) is 16.6. The maximum absolute atomic E-state index is 12.4. The predicted molar refractivity (Wildman–Crippen MR) is 115 cm³/mol. The fourth-order valence-electron chi connectivity index (χ4n) is 3.03. The van der Waals surface area contributed by atoms with Crippen molar-refractivity contribution in [1.82, 2.24) is 15.3 Å². The number of fused-ring (bicyclic) bond motifs is 1. The van der Waals surface area contributed by atoms with E-state index in [1.807, 2.05) is 44.2 Å². The fourth-order valence-corrected chi connectivity index (χ4v) is 3.16. The van der Waals surface area contributed by atoms with Crippen LogP contribution in [0.5, 0.6) is 5.88 Å². The summed E-state index contributed by atoms with van der Waals surface area (Å²) >= 11 is 5.90. The lowest BCUT2D eigenvalue weighted by Gasteiger charge is -2.13. The molecule has 2 aromatic heterocycles. The summed E-state index contributed by atoms with van der Waals surface area (Å²) in [5, 5.41) is 4.58. The minimum Gasteiger partial charge on any atom is -0.468 e. The second-order valence-corrected chi connectivity index (χ2v) is 7.44. The molecule has 1 N–H and O–H groups in total. The number of nitrogens with zero attached hydrogens (tertiary/aromatic N) is 2. The molecule has 0 unspecified atom stereocenters. The summed E-state index contributed by atoms with van der Waals surface area (Å²) in [5.41, 5.74) is 3.16. The van der Waals surface area contributed by atoms with Gasteiger partial charge in [0.1, 0.15) is 6.26 Å². The lowest BCUT2D eigenvalue weighted by molar-refractivity contribution is 0.0934. The highest BCUT2D eigenvalue weighted by Crippen LogP contribution is 2.19. The number of amides is 1. The zero-order chi connectivity index (χ0) is 21.1. The first-order valence-corrected chi connectivity index (χ1v) is 9.87. The highest BCUT2D eigenvalue weighted by Gasteiger charge is 2.16. The smallest absolute Gasteiger partial charge is 0.273 e. The van der Waals surface area contributed by atoms with E-state index in [0.717, 1.165) is 16.5 Å². The van der Waals surface area contributed by atoms with Crippen molar-refractivity contribution in [3.05, 3.63) is 88.6 Å². The molecule has 30 heavy (non-hydrogen) atoms. The standard InChI is InChI=1S/C23H20ClN3O3/c1-14-3-9-19-17(11-14)6-10-21(26-19)30-13-22-27-20(12-29-22)23(28)25-15(2)16-4-7-18(24)8-5-16/h3-12,15H,13H2,1-2H3,(H,25,28)/t15-/m1/s1. The third-order valence-corrected chi connectivity index (χ3v) is 4.92. The molecule has 4 rings (SSSR count). The number of halogens is 1. The molecular weight excluding hydrogens is 402 g/mol. The number of nitrogens with one attached hydrogen (secondary N) is 1. The fraction of sp³-hybridized carbons (Fsp3) is 0.174. The van der Waals surface area contributed by atoms with Crippen LogP contribution in [0.3, 0.4) is 0 Å². The predicted octanol–water partition coefficient (Wildman–Crippen LogP) is 5.25. The Morgan fingerprint density at radius 2 is 1.93 bits per heavy atom. The number of benzene rings is 2. The van der Waals surface area contributed by atoms with Gasteiger partial charge in [-0.15, -0.1) is 0 Å². The number of rotatable bonds is 6. The average molecular weight is 422 g/mol. The number of carbonyl (C=O) groups is 1. The average Bonchev–Trinajstić information content (AvgIpc) is 3.22. The topological polar surface area (TPSA) is 77.2 Å². The summed E-state index contributed by atoms with van der Waals surface area (Å²) in [7, 11) is 0. The number of oxazole rings is 1. The van der Waals surface area contributed by atoms with Gasteiger partial charge >= 0.3 is 0 Å². The first-order chi connectivity index (χ1) is 14.5. The van der Waals surface area contributed by atoms with Crippen molar-refractivity contribution < 1.29 is 13.9 Å². The third kappa shape index (κ3) is 4.60. The minimum absolute atomic E-state index is 0.0738. The quantitative estimate of drug-likeness (QED) is 0.459. The van der Waals surface area contributed by atoms with Crippen LogP contribution in [-0.2, 0) is 6.61 Å². The van der Waals surface area contributed by atoms with Gasteiger partial charge in [0.15, 0.2) is 12.3 Å². The van der Waals surface area contributed by atoms with E-state index < -0.39 is 0 Å². The van der Waals surface area contributed by atoms with Gasteiger partial charge in [-0.1, -0.05) is 35.4 Å². The molecule has 0 bridgehead atoms. The highest BCUT2D eigenvalue weighted by atomic mass is 35.5. The van der Waals surface area contributed by atoms with Crippen LogP contribution in [0.4, 0.5) is 0 Å². The Bertz CT molecular complexity index is 1190. The molecule has 0 spiro atoms. The van der Waals surface area contributed by atoms with Crippen molar-refractivity contribution in [3.8, 4) is 5.88 Å². The highest BCUT2D eigenvalue weighted by molar-refractivity contribution is 6.30. The van der Waals surface area contributed by atoms with Gasteiger partial charge in [0, 0.05) is 16.5 Å².